The van der Waals surface area contributed by atoms with Gasteiger partial charge in [-0.1, -0.05) is 24.3 Å². The van der Waals surface area contributed by atoms with Crippen LogP contribution in [0.2, 0.25) is 0 Å². The summed E-state index contributed by atoms with van der Waals surface area (Å²) >= 11 is 1.67. The van der Waals surface area contributed by atoms with Crippen molar-refractivity contribution in [2.24, 2.45) is 0 Å². The third kappa shape index (κ3) is 4.34. The Labute approximate surface area is 115 Å². The van der Waals surface area contributed by atoms with Crippen molar-refractivity contribution in [2.45, 2.75) is 17.1 Å². The van der Waals surface area contributed by atoms with Gasteiger partial charge in [-0.05, 0) is 35.4 Å². The van der Waals surface area contributed by atoms with Gasteiger partial charge in [-0.2, -0.15) is 0 Å². The van der Waals surface area contributed by atoms with Crippen LogP contribution in [0, 0.1) is 0 Å². The highest BCUT2D eigenvalue weighted by Crippen LogP contribution is 2.24. The van der Waals surface area contributed by atoms with Crippen molar-refractivity contribution in [3.8, 4) is 5.75 Å². The van der Waals surface area contributed by atoms with E-state index in [1.54, 1.807) is 23.9 Å². The minimum absolute atomic E-state index is 0.0609. The molecule has 0 aromatic heterocycles. The number of rotatable bonds is 5. The molecule has 0 atom stereocenters. The molecule has 0 aliphatic heterocycles. The molecule has 19 heavy (non-hydrogen) atoms. The number of carbonyl (C=O) groups is 1. The van der Waals surface area contributed by atoms with Crippen LogP contribution >= 0.6 is 11.8 Å². The maximum atomic E-state index is 10.6. The summed E-state index contributed by atoms with van der Waals surface area (Å²) in [5.74, 6) is 0.270. The van der Waals surface area contributed by atoms with E-state index in [-0.39, 0.29) is 12.2 Å². The van der Waals surface area contributed by atoms with Crippen molar-refractivity contribution in [3.63, 3.8) is 0 Å². The molecule has 0 aliphatic rings. The van der Waals surface area contributed by atoms with Gasteiger partial charge in [-0.25, -0.2) is 0 Å². The maximum Gasteiger partial charge on any atom is 0.307 e. The van der Waals surface area contributed by atoms with Gasteiger partial charge in [0.05, 0.1) is 6.42 Å². The van der Waals surface area contributed by atoms with Crippen molar-refractivity contribution in [1.82, 2.24) is 0 Å². The van der Waals surface area contributed by atoms with E-state index in [1.165, 1.54) is 0 Å². The van der Waals surface area contributed by atoms with E-state index in [4.69, 9.17) is 5.11 Å². The molecule has 0 heterocycles. The molecule has 0 fully saturated rings. The van der Waals surface area contributed by atoms with Crippen LogP contribution in [0.1, 0.15) is 11.1 Å². The van der Waals surface area contributed by atoms with Crippen molar-refractivity contribution in [1.29, 1.82) is 0 Å². The van der Waals surface area contributed by atoms with Crippen molar-refractivity contribution in [2.75, 3.05) is 0 Å². The van der Waals surface area contributed by atoms with Crippen LogP contribution < -0.4 is 0 Å². The Morgan fingerprint density at radius 1 is 0.947 bits per heavy atom. The zero-order valence-electron chi connectivity index (χ0n) is 10.2. The summed E-state index contributed by atoms with van der Waals surface area (Å²) < 4.78 is 0. The first-order valence-corrected chi connectivity index (χ1v) is 6.83. The molecule has 4 heteroatoms. The highest BCUT2D eigenvalue weighted by Gasteiger charge is 2.01. The van der Waals surface area contributed by atoms with Crippen molar-refractivity contribution in [3.05, 3.63) is 59.7 Å². The molecular formula is C15H14O3S. The molecule has 0 unspecified atom stereocenters. The van der Waals surface area contributed by atoms with Crippen LogP contribution in [0.3, 0.4) is 0 Å². The summed E-state index contributed by atoms with van der Waals surface area (Å²) in [5, 5.41) is 17.9. The molecular weight excluding hydrogens is 260 g/mol. The zero-order valence-corrected chi connectivity index (χ0v) is 11.1. The van der Waals surface area contributed by atoms with Crippen LogP contribution in [-0.2, 0) is 17.0 Å². The molecule has 0 amide bonds. The van der Waals surface area contributed by atoms with E-state index >= 15 is 0 Å². The Morgan fingerprint density at radius 2 is 1.53 bits per heavy atom. The van der Waals surface area contributed by atoms with Crippen LogP contribution in [0.25, 0.3) is 0 Å². The number of benzene rings is 2. The lowest BCUT2D eigenvalue weighted by Gasteiger charge is -2.03. The number of aliphatic carboxylic acids is 1. The fraction of sp³-hybridized carbons (Fsp3) is 0.133. The average molecular weight is 274 g/mol. The Kier molecular flexibility index (Phi) is 4.47. The number of carboxylic acids is 1. The molecule has 0 aliphatic carbocycles. The smallest absolute Gasteiger partial charge is 0.307 e. The second kappa shape index (κ2) is 6.29. The van der Waals surface area contributed by atoms with Gasteiger partial charge < -0.3 is 10.2 Å². The quantitative estimate of drug-likeness (QED) is 0.821. The first-order chi connectivity index (χ1) is 9.13. The molecule has 2 N–H and O–H groups in total. The predicted molar refractivity (Wildman–Crippen MR) is 75.4 cm³/mol. The number of phenolic OH excluding ortho intramolecular Hbond substituents is 1. The van der Waals surface area contributed by atoms with Gasteiger partial charge in [0.15, 0.2) is 0 Å². The zero-order chi connectivity index (χ0) is 13.7. The fourth-order valence-electron chi connectivity index (χ4n) is 1.64. The number of phenols is 1. The van der Waals surface area contributed by atoms with E-state index in [2.05, 4.69) is 0 Å². The van der Waals surface area contributed by atoms with E-state index < -0.39 is 5.97 Å². The summed E-state index contributed by atoms with van der Waals surface area (Å²) in [5.41, 5.74) is 1.96. The minimum Gasteiger partial charge on any atom is -0.508 e. The van der Waals surface area contributed by atoms with E-state index in [0.717, 1.165) is 21.8 Å². The lowest BCUT2D eigenvalue weighted by molar-refractivity contribution is -0.136. The van der Waals surface area contributed by atoms with Crippen LogP contribution in [-0.4, -0.2) is 16.2 Å². The largest absolute Gasteiger partial charge is 0.508 e. The summed E-state index contributed by atoms with van der Waals surface area (Å²) in [6.07, 6.45) is 0.0609. The molecule has 0 radical (unpaired) electrons. The van der Waals surface area contributed by atoms with Gasteiger partial charge >= 0.3 is 5.97 Å². The van der Waals surface area contributed by atoms with Gasteiger partial charge in [0.1, 0.15) is 5.75 Å². The van der Waals surface area contributed by atoms with Crippen molar-refractivity contribution >= 4 is 17.7 Å². The Morgan fingerprint density at radius 3 is 2.11 bits per heavy atom. The second-order valence-corrected chi connectivity index (χ2v) is 5.22. The highest BCUT2D eigenvalue weighted by molar-refractivity contribution is 7.98. The fourth-order valence-corrected chi connectivity index (χ4v) is 2.49. The molecule has 2 aromatic carbocycles. The van der Waals surface area contributed by atoms with Gasteiger partial charge in [0, 0.05) is 10.6 Å². The molecule has 0 spiro atoms. The molecule has 0 saturated heterocycles. The van der Waals surface area contributed by atoms with Gasteiger partial charge in [0.2, 0.25) is 0 Å². The maximum absolute atomic E-state index is 10.6. The second-order valence-electron chi connectivity index (χ2n) is 4.17. The monoisotopic (exact) mass is 274 g/mol. The number of hydrogen-bond donors (Lipinski definition) is 2. The number of thioether (sulfide) groups is 1. The lowest BCUT2D eigenvalue weighted by Crippen LogP contribution is -1.99. The van der Waals surface area contributed by atoms with Crippen LogP contribution in [0.5, 0.6) is 5.75 Å². The molecule has 0 bridgehead atoms. The Bertz CT molecular complexity index is 547. The third-order valence-electron chi connectivity index (χ3n) is 2.62. The Hall–Kier alpha value is -1.94. The molecule has 0 saturated carbocycles. The van der Waals surface area contributed by atoms with Gasteiger partial charge in [-0.15, -0.1) is 11.8 Å². The van der Waals surface area contributed by atoms with E-state index in [9.17, 15) is 9.90 Å². The number of aromatic hydroxyl groups is 1. The molecule has 98 valence electrons. The van der Waals surface area contributed by atoms with Crippen molar-refractivity contribution < 1.29 is 15.0 Å². The predicted octanol–water partition coefficient (Wildman–Crippen LogP) is 3.31. The topological polar surface area (TPSA) is 57.5 Å². The number of hydrogen-bond acceptors (Lipinski definition) is 3. The van der Waals surface area contributed by atoms with E-state index in [0.29, 0.717) is 0 Å². The standard InChI is InChI=1S/C15H14O3S/c16-13-5-7-14(8-6-13)19-10-12-3-1-11(2-4-12)9-15(17)18/h1-8,16H,9-10H2,(H,17,18). The molecule has 2 aromatic rings. The lowest BCUT2D eigenvalue weighted by atomic mass is 10.1. The molecule has 2 rings (SSSR count). The summed E-state index contributed by atoms with van der Waals surface area (Å²) in [6, 6.07) is 14.7. The van der Waals surface area contributed by atoms with Crippen LogP contribution in [0.15, 0.2) is 53.4 Å². The summed E-state index contributed by atoms with van der Waals surface area (Å²) in [6.45, 7) is 0. The Balaban J connectivity index is 1.92. The number of carboxylic acid groups (broad SMARTS) is 1. The first kappa shape index (κ1) is 13.5. The highest BCUT2D eigenvalue weighted by atomic mass is 32.2. The summed E-state index contributed by atoms with van der Waals surface area (Å²) in [7, 11) is 0. The normalized spacial score (nSPS) is 10.3. The minimum atomic E-state index is -0.814. The van der Waals surface area contributed by atoms with Gasteiger partial charge in [0.25, 0.3) is 0 Å². The van der Waals surface area contributed by atoms with E-state index in [1.807, 2.05) is 36.4 Å². The first-order valence-electron chi connectivity index (χ1n) is 5.85. The molecule has 3 nitrogen and oxygen atoms in total. The third-order valence-corrected chi connectivity index (χ3v) is 3.70. The SMILES string of the molecule is O=C(O)Cc1ccc(CSc2ccc(O)cc2)cc1. The summed E-state index contributed by atoms with van der Waals surface area (Å²) in [4.78, 5) is 11.7. The van der Waals surface area contributed by atoms with Crippen LogP contribution in [0.4, 0.5) is 0 Å². The van der Waals surface area contributed by atoms with Gasteiger partial charge in [-0.3, -0.25) is 4.79 Å². The average Bonchev–Trinajstić information content (AvgIpc) is 2.39.